The van der Waals surface area contributed by atoms with Gasteiger partial charge in [-0.2, -0.15) is 5.11 Å². The predicted octanol–water partition coefficient (Wildman–Crippen LogP) is 1.84. The Bertz CT molecular complexity index is 364. The summed E-state index contributed by atoms with van der Waals surface area (Å²) >= 11 is 0. The molecule has 0 unspecified atom stereocenters. The molecule has 0 saturated heterocycles. The molecule has 0 atom stereocenters. The van der Waals surface area contributed by atoms with Crippen molar-refractivity contribution in [3.05, 3.63) is 23.3 Å². The second-order valence-corrected chi connectivity index (χ2v) is 3.06. The number of nitrogens with zero attached hydrogens (tertiary/aromatic N) is 2. The zero-order valence-corrected chi connectivity index (χ0v) is 9.15. The first-order valence-electron chi connectivity index (χ1n) is 4.51. The van der Waals surface area contributed by atoms with Crippen molar-refractivity contribution < 1.29 is 9.47 Å². The highest BCUT2D eigenvalue weighted by Crippen LogP contribution is 2.32. The van der Waals surface area contributed by atoms with Gasteiger partial charge in [0.05, 0.1) is 20.8 Å². The second kappa shape index (κ2) is 5.19. The third-order valence-corrected chi connectivity index (χ3v) is 2.06. The molecule has 0 aliphatic rings. The van der Waals surface area contributed by atoms with Crippen LogP contribution in [0.4, 0.5) is 0 Å². The summed E-state index contributed by atoms with van der Waals surface area (Å²) in [4.78, 5) is 0. The Labute approximate surface area is 88.9 Å². The van der Waals surface area contributed by atoms with Gasteiger partial charge in [0.25, 0.3) is 0 Å². The van der Waals surface area contributed by atoms with E-state index in [0.29, 0.717) is 12.3 Å². The van der Waals surface area contributed by atoms with E-state index in [1.165, 1.54) is 0 Å². The molecule has 0 aliphatic carbocycles. The maximum absolute atomic E-state index is 5.22. The number of hydrogen-bond donors (Lipinski definition) is 1. The van der Waals surface area contributed by atoms with Crippen molar-refractivity contribution in [1.29, 1.82) is 0 Å². The van der Waals surface area contributed by atoms with Gasteiger partial charge in [0.15, 0.2) is 11.5 Å². The van der Waals surface area contributed by atoms with Crippen molar-refractivity contribution in [3.8, 4) is 11.5 Å². The Morgan fingerprint density at radius 3 is 2.53 bits per heavy atom. The quantitative estimate of drug-likeness (QED) is 0.467. The molecule has 82 valence electrons. The fourth-order valence-corrected chi connectivity index (χ4v) is 1.44. The first kappa shape index (κ1) is 11.3. The van der Waals surface area contributed by atoms with Crippen molar-refractivity contribution in [3.63, 3.8) is 0 Å². The highest BCUT2D eigenvalue weighted by Gasteiger charge is 2.08. The lowest BCUT2D eigenvalue weighted by atomic mass is 10.1. The number of ether oxygens (including phenoxy) is 2. The fourth-order valence-electron chi connectivity index (χ4n) is 1.44. The van der Waals surface area contributed by atoms with Crippen LogP contribution in [0.1, 0.15) is 11.1 Å². The lowest BCUT2D eigenvalue weighted by molar-refractivity contribution is 0.352. The summed E-state index contributed by atoms with van der Waals surface area (Å²) in [6, 6.07) is 3.83. The van der Waals surface area contributed by atoms with Crippen LogP contribution in [-0.2, 0) is 6.54 Å². The van der Waals surface area contributed by atoms with E-state index < -0.39 is 0 Å². The molecular formula is C10H15N3O2. The molecule has 1 aromatic rings. The molecule has 0 saturated carbocycles. The van der Waals surface area contributed by atoms with E-state index in [-0.39, 0.29) is 0 Å². The summed E-state index contributed by atoms with van der Waals surface area (Å²) < 4.78 is 10.4. The topological polar surface area (TPSA) is 69.2 Å². The SMILES string of the molecule is COc1cc(CN=NN)cc(C)c1OC. The van der Waals surface area contributed by atoms with Crippen LogP contribution in [-0.4, -0.2) is 14.2 Å². The molecule has 1 rings (SSSR count). The van der Waals surface area contributed by atoms with E-state index in [2.05, 4.69) is 10.3 Å². The maximum atomic E-state index is 5.22. The van der Waals surface area contributed by atoms with Gasteiger partial charge in [-0.15, -0.1) is 0 Å². The van der Waals surface area contributed by atoms with E-state index in [0.717, 1.165) is 16.9 Å². The van der Waals surface area contributed by atoms with Crippen LogP contribution in [0.2, 0.25) is 0 Å². The first-order chi connectivity index (χ1) is 7.22. The molecule has 0 aromatic heterocycles. The van der Waals surface area contributed by atoms with E-state index in [4.69, 9.17) is 15.3 Å². The van der Waals surface area contributed by atoms with Crippen LogP contribution in [0.25, 0.3) is 0 Å². The normalized spacial score (nSPS) is 10.6. The van der Waals surface area contributed by atoms with E-state index in [9.17, 15) is 0 Å². The first-order valence-corrected chi connectivity index (χ1v) is 4.51. The van der Waals surface area contributed by atoms with E-state index >= 15 is 0 Å². The van der Waals surface area contributed by atoms with Crippen molar-refractivity contribution in [2.75, 3.05) is 14.2 Å². The minimum absolute atomic E-state index is 0.442. The van der Waals surface area contributed by atoms with Gasteiger partial charge < -0.3 is 15.3 Å². The molecule has 0 heterocycles. The molecular weight excluding hydrogens is 194 g/mol. The molecule has 0 fully saturated rings. The average Bonchev–Trinajstić information content (AvgIpc) is 2.25. The van der Waals surface area contributed by atoms with Gasteiger partial charge in [-0.1, -0.05) is 11.3 Å². The van der Waals surface area contributed by atoms with Gasteiger partial charge in [0.2, 0.25) is 0 Å². The molecule has 0 bridgehead atoms. The lowest BCUT2D eigenvalue weighted by Gasteiger charge is -2.11. The van der Waals surface area contributed by atoms with Gasteiger partial charge in [0.1, 0.15) is 0 Å². The van der Waals surface area contributed by atoms with E-state index in [1.54, 1.807) is 14.2 Å². The van der Waals surface area contributed by atoms with Crippen molar-refractivity contribution in [2.24, 2.45) is 16.2 Å². The summed E-state index contributed by atoms with van der Waals surface area (Å²) in [7, 11) is 3.22. The van der Waals surface area contributed by atoms with Gasteiger partial charge in [-0.3, -0.25) is 0 Å². The smallest absolute Gasteiger partial charge is 0.163 e. The number of nitrogens with two attached hydrogens (primary N) is 1. The molecule has 0 amide bonds. The molecule has 0 aliphatic heterocycles. The van der Waals surface area contributed by atoms with Gasteiger partial charge >= 0.3 is 0 Å². The van der Waals surface area contributed by atoms with Gasteiger partial charge in [-0.25, -0.2) is 0 Å². The minimum Gasteiger partial charge on any atom is -0.493 e. The summed E-state index contributed by atoms with van der Waals surface area (Å²) in [5.41, 5.74) is 1.98. The third kappa shape index (κ3) is 2.59. The zero-order valence-electron chi connectivity index (χ0n) is 9.15. The summed E-state index contributed by atoms with van der Waals surface area (Å²) in [6.07, 6.45) is 0. The molecule has 5 heteroatoms. The molecule has 5 nitrogen and oxygen atoms in total. The molecule has 0 spiro atoms. The number of methoxy groups -OCH3 is 2. The number of hydrogen-bond acceptors (Lipinski definition) is 4. The van der Waals surface area contributed by atoms with Gasteiger partial charge in [-0.05, 0) is 24.1 Å². The maximum Gasteiger partial charge on any atom is 0.163 e. The molecule has 2 N–H and O–H groups in total. The van der Waals surface area contributed by atoms with Crippen molar-refractivity contribution in [1.82, 2.24) is 0 Å². The minimum atomic E-state index is 0.442. The summed E-state index contributed by atoms with van der Waals surface area (Å²) in [5, 5.41) is 6.93. The Kier molecular flexibility index (Phi) is 3.91. The Hall–Kier alpha value is -1.78. The summed E-state index contributed by atoms with van der Waals surface area (Å²) in [6.45, 7) is 2.39. The monoisotopic (exact) mass is 209 g/mol. The van der Waals surface area contributed by atoms with Crippen LogP contribution in [0, 0.1) is 6.92 Å². The summed E-state index contributed by atoms with van der Waals surface area (Å²) in [5.74, 6) is 6.38. The second-order valence-electron chi connectivity index (χ2n) is 3.06. The number of rotatable bonds is 4. The molecule has 1 aromatic carbocycles. The predicted molar refractivity (Wildman–Crippen MR) is 57.0 cm³/mol. The van der Waals surface area contributed by atoms with Crippen LogP contribution in [0.3, 0.4) is 0 Å². The van der Waals surface area contributed by atoms with Crippen LogP contribution < -0.4 is 15.3 Å². The van der Waals surface area contributed by atoms with Crippen molar-refractivity contribution >= 4 is 0 Å². The third-order valence-electron chi connectivity index (χ3n) is 2.06. The standard InChI is InChI=1S/C10H15N3O2/c1-7-4-8(6-12-13-11)5-9(14-2)10(7)15-3/h4-5H,6H2,1-3H3,(H2,11,12). The number of benzene rings is 1. The van der Waals surface area contributed by atoms with Crippen LogP contribution >= 0.6 is 0 Å². The largest absolute Gasteiger partial charge is 0.493 e. The molecule has 15 heavy (non-hydrogen) atoms. The molecule has 0 radical (unpaired) electrons. The van der Waals surface area contributed by atoms with Crippen molar-refractivity contribution in [2.45, 2.75) is 13.5 Å². The lowest BCUT2D eigenvalue weighted by Crippen LogP contribution is -1.95. The Morgan fingerprint density at radius 1 is 1.27 bits per heavy atom. The van der Waals surface area contributed by atoms with Gasteiger partial charge in [0, 0.05) is 0 Å². The van der Waals surface area contributed by atoms with E-state index in [1.807, 2.05) is 19.1 Å². The number of aryl methyl sites for hydroxylation is 1. The highest BCUT2D eigenvalue weighted by atomic mass is 16.5. The fraction of sp³-hybridized carbons (Fsp3) is 0.400. The average molecular weight is 209 g/mol. The van der Waals surface area contributed by atoms with Crippen LogP contribution in [0.15, 0.2) is 22.5 Å². The highest BCUT2D eigenvalue weighted by molar-refractivity contribution is 5.48. The Morgan fingerprint density at radius 2 is 2.00 bits per heavy atom. The van der Waals surface area contributed by atoms with Crippen LogP contribution in [0.5, 0.6) is 11.5 Å². The zero-order chi connectivity index (χ0) is 11.3. The Balaban J connectivity index is 3.07.